The molecule has 0 bridgehead atoms. The number of nitrogens with zero attached hydrogens (tertiary/aromatic N) is 1. The van der Waals surface area contributed by atoms with E-state index in [0.29, 0.717) is 22.8 Å². The van der Waals surface area contributed by atoms with Crippen LogP contribution >= 0.6 is 23.2 Å². The largest absolute Gasteiger partial charge is 0.496 e. The van der Waals surface area contributed by atoms with Crippen LogP contribution in [0.1, 0.15) is 5.56 Å². The van der Waals surface area contributed by atoms with E-state index < -0.39 is 5.91 Å². The molecule has 0 atom stereocenters. The van der Waals surface area contributed by atoms with Crippen LogP contribution < -0.4 is 19.5 Å². The van der Waals surface area contributed by atoms with Gasteiger partial charge < -0.3 is 19.5 Å². The first-order valence-corrected chi connectivity index (χ1v) is 8.37. The zero-order valence-electron chi connectivity index (χ0n) is 14.8. The van der Waals surface area contributed by atoms with Crippen molar-refractivity contribution in [1.29, 1.82) is 5.26 Å². The Balaban J connectivity index is 2.43. The fraction of sp³-hybridized carbons (Fsp3) is 0.158. The highest BCUT2D eigenvalue weighted by Gasteiger charge is 2.16. The highest BCUT2D eigenvalue weighted by atomic mass is 35.5. The number of ether oxygens (including phenoxy) is 3. The average molecular weight is 407 g/mol. The summed E-state index contributed by atoms with van der Waals surface area (Å²) in [5.41, 5.74) is 0.523. The molecule has 0 saturated carbocycles. The number of hydrogen-bond donors (Lipinski definition) is 1. The number of amides is 1. The van der Waals surface area contributed by atoms with Gasteiger partial charge in [0, 0.05) is 11.6 Å². The predicted molar refractivity (Wildman–Crippen MR) is 105 cm³/mol. The van der Waals surface area contributed by atoms with E-state index in [1.807, 2.05) is 6.07 Å². The lowest BCUT2D eigenvalue weighted by molar-refractivity contribution is -0.112. The summed E-state index contributed by atoms with van der Waals surface area (Å²) in [4.78, 5) is 12.5. The molecular weight excluding hydrogens is 391 g/mol. The van der Waals surface area contributed by atoms with E-state index in [1.165, 1.54) is 27.4 Å². The van der Waals surface area contributed by atoms with E-state index in [2.05, 4.69) is 5.32 Å². The number of hydrogen-bond acceptors (Lipinski definition) is 5. The standard InChI is InChI=1S/C19H16Cl2N2O4/c1-25-15-9-17(27-3)16(26-2)8-11(15)7-12(10-22)19(24)23-18-13(20)5-4-6-14(18)21/h4-9H,1-3H3,(H,23,24)/b12-7+. The quantitative estimate of drug-likeness (QED) is 0.561. The Hall–Kier alpha value is -2.88. The number of nitriles is 1. The maximum atomic E-state index is 12.5. The van der Waals surface area contributed by atoms with E-state index in [4.69, 9.17) is 37.4 Å². The predicted octanol–water partition coefficient (Wildman–Crippen LogP) is 4.56. The highest BCUT2D eigenvalue weighted by molar-refractivity contribution is 6.40. The molecule has 2 aromatic rings. The van der Waals surface area contributed by atoms with Crippen molar-refractivity contribution >= 4 is 40.9 Å². The Morgan fingerprint density at radius 3 is 2.11 bits per heavy atom. The zero-order chi connectivity index (χ0) is 20.0. The molecule has 2 rings (SSSR count). The highest BCUT2D eigenvalue weighted by Crippen LogP contribution is 2.36. The summed E-state index contributed by atoms with van der Waals surface area (Å²) in [6.45, 7) is 0. The molecule has 0 aliphatic carbocycles. The molecule has 1 N–H and O–H groups in total. The number of anilines is 1. The van der Waals surface area contributed by atoms with E-state index in [0.717, 1.165) is 0 Å². The Labute approximate surface area is 166 Å². The van der Waals surface area contributed by atoms with E-state index in [-0.39, 0.29) is 21.3 Å². The molecule has 27 heavy (non-hydrogen) atoms. The first-order chi connectivity index (χ1) is 12.9. The molecule has 0 aliphatic heterocycles. The van der Waals surface area contributed by atoms with Gasteiger partial charge in [0.1, 0.15) is 17.4 Å². The van der Waals surface area contributed by atoms with Gasteiger partial charge in [-0.05, 0) is 24.3 Å². The molecule has 0 saturated heterocycles. The summed E-state index contributed by atoms with van der Waals surface area (Å²) >= 11 is 12.1. The summed E-state index contributed by atoms with van der Waals surface area (Å²) in [6.07, 6.45) is 1.38. The lowest BCUT2D eigenvalue weighted by Crippen LogP contribution is -2.14. The molecule has 0 fully saturated rings. The smallest absolute Gasteiger partial charge is 0.266 e. The van der Waals surface area contributed by atoms with Crippen LogP contribution in [0.2, 0.25) is 10.0 Å². The van der Waals surface area contributed by atoms with Gasteiger partial charge in [0.15, 0.2) is 11.5 Å². The number of carbonyl (C=O) groups excluding carboxylic acids is 1. The molecule has 0 aliphatic rings. The lowest BCUT2D eigenvalue weighted by atomic mass is 10.1. The van der Waals surface area contributed by atoms with Crippen molar-refractivity contribution in [3.05, 3.63) is 51.5 Å². The SMILES string of the molecule is COc1cc(OC)c(OC)cc1/C=C(\C#N)C(=O)Nc1c(Cl)cccc1Cl. The van der Waals surface area contributed by atoms with Crippen LogP contribution in [0.4, 0.5) is 5.69 Å². The third-order valence-electron chi connectivity index (χ3n) is 3.60. The lowest BCUT2D eigenvalue weighted by Gasteiger charge is -2.13. The van der Waals surface area contributed by atoms with Gasteiger partial charge >= 0.3 is 0 Å². The summed E-state index contributed by atoms with van der Waals surface area (Å²) in [5.74, 6) is 0.627. The number of nitrogens with one attached hydrogen (secondary N) is 1. The molecule has 0 radical (unpaired) electrons. The van der Waals surface area contributed by atoms with Gasteiger partial charge in [0.2, 0.25) is 0 Å². The van der Waals surface area contributed by atoms with Gasteiger partial charge in [0.05, 0.1) is 37.1 Å². The van der Waals surface area contributed by atoms with Gasteiger partial charge in [-0.2, -0.15) is 5.26 Å². The van der Waals surface area contributed by atoms with Crippen molar-refractivity contribution in [2.45, 2.75) is 0 Å². The van der Waals surface area contributed by atoms with Crippen molar-refractivity contribution in [3.63, 3.8) is 0 Å². The monoisotopic (exact) mass is 406 g/mol. The van der Waals surface area contributed by atoms with Crippen molar-refractivity contribution in [1.82, 2.24) is 0 Å². The maximum absolute atomic E-state index is 12.5. The maximum Gasteiger partial charge on any atom is 0.266 e. The fourth-order valence-corrected chi connectivity index (χ4v) is 2.76. The zero-order valence-corrected chi connectivity index (χ0v) is 16.3. The molecule has 140 valence electrons. The van der Waals surface area contributed by atoms with Gasteiger partial charge in [-0.15, -0.1) is 0 Å². The first-order valence-electron chi connectivity index (χ1n) is 7.62. The van der Waals surface area contributed by atoms with Crippen molar-refractivity contribution in [2.75, 3.05) is 26.6 Å². The molecule has 1 amide bonds. The van der Waals surface area contributed by atoms with Crippen LogP contribution in [0.5, 0.6) is 17.2 Å². The molecule has 0 unspecified atom stereocenters. The van der Waals surface area contributed by atoms with Gasteiger partial charge in [-0.1, -0.05) is 29.3 Å². The van der Waals surface area contributed by atoms with E-state index >= 15 is 0 Å². The van der Waals surface area contributed by atoms with Crippen LogP contribution in [0.3, 0.4) is 0 Å². The molecule has 6 nitrogen and oxygen atoms in total. The minimum Gasteiger partial charge on any atom is -0.496 e. The molecule has 0 heterocycles. The third kappa shape index (κ3) is 4.64. The summed E-state index contributed by atoms with van der Waals surface area (Å²) in [7, 11) is 4.44. The third-order valence-corrected chi connectivity index (χ3v) is 4.23. The van der Waals surface area contributed by atoms with Gasteiger partial charge in [-0.25, -0.2) is 0 Å². The van der Waals surface area contributed by atoms with Crippen molar-refractivity contribution in [3.8, 4) is 23.3 Å². The second-order valence-electron chi connectivity index (χ2n) is 5.17. The Morgan fingerprint density at radius 2 is 1.59 bits per heavy atom. The molecule has 2 aromatic carbocycles. The Kier molecular flexibility index (Phi) is 6.94. The number of carbonyl (C=O) groups is 1. The topological polar surface area (TPSA) is 80.6 Å². The Bertz CT molecular complexity index is 916. The van der Waals surface area contributed by atoms with Gasteiger partial charge in [0.25, 0.3) is 5.91 Å². The minimum atomic E-state index is -0.663. The second-order valence-corrected chi connectivity index (χ2v) is 5.98. The van der Waals surface area contributed by atoms with Crippen molar-refractivity contribution < 1.29 is 19.0 Å². The summed E-state index contributed by atoms with van der Waals surface area (Å²) in [6, 6.07) is 9.87. The van der Waals surface area contributed by atoms with Crippen LogP contribution in [-0.4, -0.2) is 27.2 Å². The number of methoxy groups -OCH3 is 3. The molecule has 0 spiro atoms. The average Bonchev–Trinajstić information content (AvgIpc) is 2.68. The Morgan fingerprint density at radius 1 is 1.04 bits per heavy atom. The van der Waals surface area contributed by atoms with E-state index in [1.54, 1.807) is 30.3 Å². The number of para-hydroxylation sites is 1. The molecule has 8 heteroatoms. The number of benzene rings is 2. The minimum absolute atomic E-state index is 0.170. The number of rotatable bonds is 6. The van der Waals surface area contributed by atoms with Crippen LogP contribution in [0, 0.1) is 11.3 Å². The van der Waals surface area contributed by atoms with Gasteiger partial charge in [-0.3, -0.25) is 4.79 Å². The summed E-state index contributed by atoms with van der Waals surface area (Å²) in [5, 5.41) is 12.5. The fourth-order valence-electron chi connectivity index (χ4n) is 2.27. The van der Waals surface area contributed by atoms with Crippen LogP contribution in [0.25, 0.3) is 6.08 Å². The molecular formula is C19H16Cl2N2O4. The van der Waals surface area contributed by atoms with E-state index in [9.17, 15) is 10.1 Å². The van der Waals surface area contributed by atoms with Crippen molar-refractivity contribution in [2.24, 2.45) is 0 Å². The summed E-state index contributed by atoms with van der Waals surface area (Å²) < 4.78 is 15.8. The van der Waals surface area contributed by atoms with Crippen LogP contribution in [0.15, 0.2) is 35.9 Å². The number of halogens is 2. The first kappa shape index (κ1) is 20.4. The normalized spacial score (nSPS) is 10.7. The second kappa shape index (κ2) is 9.17. The van der Waals surface area contributed by atoms with Crippen LogP contribution in [-0.2, 0) is 4.79 Å². The molecule has 0 aromatic heterocycles.